The first-order valence-electron chi connectivity index (χ1n) is 15.5. The second-order valence-electron chi connectivity index (χ2n) is 12.5. The van der Waals surface area contributed by atoms with Crippen LogP contribution >= 0.6 is 23.2 Å². The van der Waals surface area contributed by atoms with Gasteiger partial charge in [0, 0.05) is 17.5 Å². The first kappa shape index (κ1) is 30.5. The number of phenolic OH excluding ortho intramolecular Hbond substituents is 1. The quantitative estimate of drug-likeness (QED) is 0.247. The van der Waals surface area contributed by atoms with Crippen LogP contribution in [0.3, 0.4) is 0 Å². The van der Waals surface area contributed by atoms with Crippen LogP contribution in [0, 0.1) is 23.7 Å². The predicted molar refractivity (Wildman–Crippen MR) is 173 cm³/mol. The molecule has 46 heavy (non-hydrogen) atoms. The Morgan fingerprint density at radius 1 is 0.935 bits per heavy atom. The van der Waals surface area contributed by atoms with Gasteiger partial charge in [-0.15, -0.1) is 0 Å². The summed E-state index contributed by atoms with van der Waals surface area (Å²) in [6.45, 7) is 2.25. The summed E-state index contributed by atoms with van der Waals surface area (Å²) in [5, 5.41) is 11.1. The van der Waals surface area contributed by atoms with Gasteiger partial charge in [-0.2, -0.15) is 0 Å². The molecule has 236 valence electrons. The Morgan fingerprint density at radius 2 is 1.70 bits per heavy atom. The van der Waals surface area contributed by atoms with E-state index >= 15 is 4.79 Å². The molecule has 2 heterocycles. The Labute approximate surface area is 276 Å². The number of amides is 4. The molecule has 3 aromatic carbocycles. The summed E-state index contributed by atoms with van der Waals surface area (Å²) in [7, 11) is 1.41. The first-order chi connectivity index (χ1) is 22.1. The zero-order valence-electron chi connectivity index (χ0n) is 25.3. The number of hydrogen-bond donors (Lipinski definition) is 1. The van der Waals surface area contributed by atoms with E-state index in [2.05, 4.69) is 0 Å². The SMILES string of the molecule is CCCN1C(=O)C2CC=C3C(CC4C(=O)N(c5cccc(Cl)c5)C(=O)C4(c4ccccc4)C3c3cc(Cl)c(O)c(OC)c3)C2C1=O. The lowest BCUT2D eigenvalue weighted by atomic mass is 9.49. The number of hydrogen-bond acceptors (Lipinski definition) is 6. The molecule has 0 spiro atoms. The standard InChI is InChI=1S/C36H32Cl2N2O6/c1-3-14-39-32(42)24-13-12-23-25(29(24)34(39)44)18-26-33(43)40(22-11-7-10-21(37)17-22)35(45)36(26,20-8-5-4-6-9-20)30(23)19-15-27(38)31(41)28(16-19)46-2/h4-12,15-17,24-26,29-30,41H,3,13-14,18H2,1-2H3. The van der Waals surface area contributed by atoms with Crippen LogP contribution in [-0.4, -0.2) is 47.3 Å². The van der Waals surface area contributed by atoms with Crippen LogP contribution < -0.4 is 9.64 Å². The zero-order chi connectivity index (χ0) is 32.5. The van der Waals surface area contributed by atoms with E-state index in [0.29, 0.717) is 41.2 Å². The monoisotopic (exact) mass is 658 g/mol. The summed E-state index contributed by atoms with van der Waals surface area (Å²) in [5.74, 6) is -4.74. The lowest BCUT2D eigenvalue weighted by molar-refractivity contribution is -0.140. The molecule has 0 bridgehead atoms. The molecule has 2 aliphatic carbocycles. The molecule has 3 aromatic rings. The van der Waals surface area contributed by atoms with Gasteiger partial charge in [-0.3, -0.25) is 24.1 Å². The summed E-state index contributed by atoms with van der Waals surface area (Å²) in [6, 6.07) is 19.1. The molecular weight excluding hydrogens is 627 g/mol. The highest BCUT2D eigenvalue weighted by atomic mass is 35.5. The first-order valence-corrected chi connectivity index (χ1v) is 16.2. The Hall–Kier alpha value is -4.14. The fourth-order valence-electron chi connectivity index (χ4n) is 8.54. The van der Waals surface area contributed by atoms with E-state index in [1.54, 1.807) is 36.4 Å². The number of imide groups is 2. The molecule has 4 amide bonds. The van der Waals surface area contributed by atoms with Crippen molar-refractivity contribution in [2.45, 2.75) is 37.5 Å². The maximum Gasteiger partial charge on any atom is 0.246 e. The number of fused-ring (bicyclic) bond motifs is 4. The van der Waals surface area contributed by atoms with Crippen LogP contribution in [0.25, 0.3) is 0 Å². The van der Waals surface area contributed by atoms with Crippen LogP contribution in [0.1, 0.15) is 43.2 Å². The Bertz CT molecular complexity index is 1830. The maximum atomic E-state index is 15.2. The van der Waals surface area contributed by atoms with Crippen molar-refractivity contribution in [2.75, 3.05) is 18.6 Å². The summed E-state index contributed by atoms with van der Waals surface area (Å²) in [6.07, 6.45) is 3.15. The smallest absolute Gasteiger partial charge is 0.246 e. The number of halogens is 2. The molecule has 1 N–H and O–H groups in total. The molecule has 10 heteroatoms. The van der Waals surface area contributed by atoms with E-state index in [-0.39, 0.29) is 34.8 Å². The highest BCUT2D eigenvalue weighted by molar-refractivity contribution is 6.33. The molecular formula is C36H32Cl2N2O6. The molecule has 7 rings (SSSR count). The molecule has 4 aliphatic rings. The van der Waals surface area contributed by atoms with Crippen molar-refractivity contribution in [3.8, 4) is 11.5 Å². The molecule has 2 saturated heterocycles. The van der Waals surface area contributed by atoms with Crippen molar-refractivity contribution >= 4 is 52.5 Å². The summed E-state index contributed by atoms with van der Waals surface area (Å²) < 4.78 is 5.50. The molecule has 0 aromatic heterocycles. The number of ether oxygens (including phenoxy) is 1. The van der Waals surface area contributed by atoms with E-state index in [0.717, 1.165) is 5.57 Å². The van der Waals surface area contributed by atoms with Gasteiger partial charge >= 0.3 is 0 Å². The third kappa shape index (κ3) is 4.19. The number of phenols is 1. The van der Waals surface area contributed by atoms with Gasteiger partial charge in [-0.1, -0.05) is 78.2 Å². The van der Waals surface area contributed by atoms with Gasteiger partial charge in [-0.05, 0) is 66.6 Å². The van der Waals surface area contributed by atoms with Gasteiger partial charge in [0.2, 0.25) is 23.6 Å². The van der Waals surface area contributed by atoms with E-state index in [4.69, 9.17) is 27.9 Å². The molecule has 2 aliphatic heterocycles. The van der Waals surface area contributed by atoms with Crippen molar-refractivity contribution in [3.05, 3.63) is 99.6 Å². The molecule has 8 nitrogen and oxygen atoms in total. The number of rotatable bonds is 6. The number of likely N-dealkylation sites (tertiary alicyclic amines) is 1. The Balaban J connectivity index is 1.52. The summed E-state index contributed by atoms with van der Waals surface area (Å²) in [5.41, 5.74) is 0.899. The summed E-state index contributed by atoms with van der Waals surface area (Å²) in [4.78, 5) is 60.0. The van der Waals surface area contributed by atoms with E-state index in [9.17, 15) is 19.5 Å². The predicted octanol–water partition coefficient (Wildman–Crippen LogP) is 6.28. The number of carbonyl (C=O) groups is 4. The number of anilines is 1. The highest BCUT2D eigenvalue weighted by Gasteiger charge is 2.70. The largest absolute Gasteiger partial charge is 0.503 e. The Morgan fingerprint density at radius 3 is 2.39 bits per heavy atom. The van der Waals surface area contributed by atoms with Crippen LogP contribution in [0.2, 0.25) is 10.0 Å². The zero-order valence-corrected chi connectivity index (χ0v) is 26.8. The molecule has 0 radical (unpaired) electrons. The van der Waals surface area contributed by atoms with Gasteiger partial charge in [-0.25, -0.2) is 4.90 Å². The average molecular weight is 660 g/mol. The van der Waals surface area contributed by atoms with Gasteiger partial charge in [0.25, 0.3) is 0 Å². The number of carbonyl (C=O) groups excluding carboxylic acids is 4. The number of aromatic hydroxyl groups is 1. The minimum atomic E-state index is -1.45. The third-order valence-electron chi connectivity index (χ3n) is 10.3. The maximum absolute atomic E-state index is 15.2. The number of allylic oxidation sites excluding steroid dienone is 2. The van der Waals surface area contributed by atoms with Crippen LogP contribution in [0.4, 0.5) is 5.69 Å². The molecule has 6 atom stereocenters. The lowest BCUT2D eigenvalue weighted by Crippen LogP contribution is -2.53. The molecule has 1 saturated carbocycles. The normalized spacial score (nSPS) is 28.6. The van der Waals surface area contributed by atoms with E-state index in [1.807, 2.05) is 43.3 Å². The fourth-order valence-corrected chi connectivity index (χ4v) is 8.95. The van der Waals surface area contributed by atoms with Crippen LogP contribution in [0.15, 0.2) is 78.4 Å². The van der Waals surface area contributed by atoms with Crippen LogP contribution in [0.5, 0.6) is 11.5 Å². The van der Waals surface area contributed by atoms with Gasteiger partial charge in [0.1, 0.15) is 0 Å². The van der Waals surface area contributed by atoms with Crippen LogP contribution in [-0.2, 0) is 24.6 Å². The van der Waals surface area contributed by atoms with Crippen molar-refractivity contribution in [1.29, 1.82) is 0 Å². The van der Waals surface area contributed by atoms with E-state index < -0.39 is 46.8 Å². The fraction of sp³-hybridized carbons (Fsp3) is 0.333. The van der Waals surface area contributed by atoms with Gasteiger partial charge < -0.3 is 9.84 Å². The van der Waals surface area contributed by atoms with Crippen molar-refractivity contribution in [2.24, 2.45) is 23.7 Å². The number of nitrogens with zero attached hydrogens (tertiary/aromatic N) is 2. The minimum absolute atomic E-state index is 0.0234. The number of methoxy groups -OCH3 is 1. The second kappa shape index (κ2) is 11.3. The highest BCUT2D eigenvalue weighted by Crippen LogP contribution is 2.65. The van der Waals surface area contributed by atoms with E-state index in [1.165, 1.54) is 16.9 Å². The second-order valence-corrected chi connectivity index (χ2v) is 13.3. The van der Waals surface area contributed by atoms with Crippen molar-refractivity contribution in [1.82, 2.24) is 4.90 Å². The number of benzene rings is 3. The van der Waals surface area contributed by atoms with Crippen molar-refractivity contribution in [3.63, 3.8) is 0 Å². The topological polar surface area (TPSA) is 104 Å². The Kier molecular flexibility index (Phi) is 7.48. The summed E-state index contributed by atoms with van der Waals surface area (Å²) >= 11 is 12.9. The third-order valence-corrected chi connectivity index (χ3v) is 10.8. The minimum Gasteiger partial charge on any atom is -0.503 e. The van der Waals surface area contributed by atoms with Gasteiger partial charge in [0.05, 0.1) is 41.0 Å². The average Bonchev–Trinajstić information content (AvgIpc) is 3.43. The lowest BCUT2D eigenvalue weighted by Gasteiger charge is -2.50. The molecule has 6 unspecified atom stereocenters. The molecule has 3 fully saturated rings. The van der Waals surface area contributed by atoms with Crippen molar-refractivity contribution < 1.29 is 29.0 Å². The van der Waals surface area contributed by atoms with Gasteiger partial charge in [0.15, 0.2) is 11.5 Å².